The molecule has 2 amide bonds. The first-order chi connectivity index (χ1) is 18.3. The van der Waals surface area contributed by atoms with Gasteiger partial charge in [0, 0.05) is 58.8 Å². The van der Waals surface area contributed by atoms with Crippen molar-refractivity contribution < 1.29 is 29.0 Å². The van der Waals surface area contributed by atoms with Crippen molar-refractivity contribution >= 4 is 30.3 Å². The maximum Gasteiger partial charge on any atom is 0.321 e. The predicted octanol–water partition coefficient (Wildman–Crippen LogP) is 1.34. The Hall–Kier alpha value is -3.02. The fourth-order valence-corrected chi connectivity index (χ4v) is 4.66. The Morgan fingerprint density at radius 3 is 2.34 bits per heavy atom. The third-order valence-corrected chi connectivity index (χ3v) is 6.90. The number of anilines is 1. The Morgan fingerprint density at radius 2 is 1.76 bits per heavy atom. The smallest absolute Gasteiger partial charge is 0.321 e. The SMILES string of the molecule is CN1CCN(CC2CCN(CC(=O)O)CC2)CC1.CNC(=O)N(CCC=O)c1cc(OCC=O)ccc1C. The minimum absolute atomic E-state index is 0.0448. The molecule has 38 heavy (non-hydrogen) atoms. The van der Waals surface area contributed by atoms with E-state index < -0.39 is 5.97 Å². The third kappa shape index (κ3) is 10.8. The van der Waals surface area contributed by atoms with Gasteiger partial charge < -0.3 is 29.8 Å². The Morgan fingerprint density at radius 1 is 1.08 bits per heavy atom. The predicted molar refractivity (Wildman–Crippen MR) is 146 cm³/mol. The van der Waals surface area contributed by atoms with Crippen LogP contribution in [0, 0.1) is 12.8 Å². The number of rotatable bonds is 11. The van der Waals surface area contributed by atoms with Crippen LogP contribution in [0.15, 0.2) is 18.2 Å². The fourth-order valence-electron chi connectivity index (χ4n) is 4.66. The largest absolute Gasteiger partial charge is 0.486 e. The number of carbonyl (C=O) groups is 4. The molecule has 0 spiro atoms. The van der Waals surface area contributed by atoms with Gasteiger partial charge in [-0.2, -0.15) is 0 Å². The van der Waals surface area contributed by atoms with Crippen LogP contribution >= 0.6 is 0 Å². The molecule has 0 atom stereocenters. The van der Waals surface area contributed by atoms with Crippen LogP contribution in [-0.2, 0) is 14.4 Å². The van der Waals surface area contributed by atoms with E-state index in [1.54, 1.807) is 18.2 Å². The lowest BCUT2D eigenvalue weighted by molar-refractivity contribution is -0.138. The molecule has 0 radical (unpaired) electrons. The highest BCUT2D eigenvalue weighted by molar-refractivity contribution is 5.93. The summed E-state index contributed by atoms with van der Waals surface area (Å²) in [7, 11) is 3.71. The summed E-state index contributed by atoms with van der Waals surface area (Å²) in [6.45, 7) is 10.1. The highest BCUT2D eigenvalue weighted by Gasteiger charge is 2.24. The van der Waals surface area contributed by atoms with E-state index in [-0.39, 0.29) is 32.1 Å². The van der Waals surface area contributed by atoms with Gasteiger partial charge in [0.15, 0.2) is 6.29 Å². The number of piperidine rings is 1. The fraction of sp³-hybridized carbons (Fsp3) is 0.630. The second-order valence-corrected chi connectivity index (χ2v) is 9.81. The summed E-state index contributed by atoms with van der Waals surface area (Å²) in [4.78, 5) is 51.9. The molecule has 0 aliphatic carbocycles. The van der Waals surface area contributed by atoms with Crippen molar-refractivity contribution in [2.75, 3.05) is 84.5 Å². The van der Waals surface area contributed by atoms with Gasteiger partial charge in [0.2, 0.25) is 0 Å². The molecule has 0 aromatic heterocycles. The van der Waals surface area contributed by atoms with E-state index in [4.69, 9.17) is 9.84 Å². The first kappa shape index (κ1) is 31.2. The standard InChI is InChI=1S/C14H18N2O4.C13H25N3O2/c1-11-4-5-12(20-9-8-18)10-13(11)16(6-3-7-17)14(19)15-2;1-14-6-8-16(9-7-14)10-12-2-4-15(5-3-12)11-13(17)18/h4-5,7-8,10H,3,6,9H2,1-2H3,(H,15,19);12H,2-11H2,1H3,(H,17,18). The molecule has 2 aliphatic rings. The second kappa shape index (κ2) is 16.7. The monoisotopic (exact) mass is 533 g/mol. The summed E-state index contributed by atoms with van der Waals surface area (Å²) in [5, 5.41) is 11.3. The van der Waals surface area contributed by atoms with E-state index in [9.17, 15) is 19.2 Å². The van der Waals surface area contributed by atoms with Gasteiger partial charge in [-0.3, -0.25) is 19.4 Å². The average molecular weight is 534 g/mol. The lowest BCUT2D eigenvalue weighted by Gasteiger charge is -2.37. The van der Waals surface area contributed by atoms with Gasteiger partial charge in [-0.1, -0.05) is 6.07 Å². The van der Waals surface area contributed by atoms with Crippen LogP contribution in [0.25, 0.3) is 0 Å². The molecule has 2 saturated heterocycles. The van der Waals surface area contributed by atoms with Gasteiger partial charge in [0.25, 0.3) is 0 Å². The van der Waals surface area contributed by atoms with Crippen LogP contribution in [-0.4, -0.2) is 124 Å². The van der Waals surface area contributed by atoms with Gasteiger partial charge in [-0.15, -0.1) is 0 Å². The molecule has 2 fully saturated rings. The van der Waals surface area contributed by atoms with Crippen LogP contribution in [0.5, 0.6) is 5.75 Å². The minimum atomic E-state index is -0.701. The first-order valence-corrected chi connectivity index (χ1v) is 13.2. The number of amides is 2. The van der Waals surface area contributed by atoms with Gasteiger partial charge in [0.05, 0.1) is 12.2 Å². The summed E-state index contributed by atoms with van der Waals surface area (Å²) in [6.07, 6.45) is 3.96. The van der Waals surface area contributed by atoms with Crippen molar-refractivity contribution in [1.82, 2.24) is 20.0 Å². The highest BCUT2D eigenvalue weighted by Crippen LogP contribution is 2.26. The van der Waals surface area contributed by atoms with Crippen LogP contribution in [0.2, 0.25) is 0 Å². The average Bonchev–Trinajstić information content (AvgIpc) is 2.91. The molecule has 2 aliphatic heterocycles. The van der Waals surface area contributed by atoms with Gasteiger partial charge >= 0.3 is 12.0 Å². The molecule has 2 N–H and O–H groups in total. The van der Waals surface area contributed by atoms with E-state index in [1.165, 1.54) is 44.7 Å². The van der Waals surface area contributed by atoms with E-state index in [0.717, 1.165) is 43.7 Å². The number of nitrogens with one attached hydrogen (secondary N) is 1. The molecule has 0 saturated carbocycles. The van der Waals surface area contributed by atoms with Gasteiger partial charge in [-0.05, 0) is 57.5 Å². The Labute approximate surface area is 225 Å². The second-order valence-electron chi connectivity index (χ2n) is 9.81. The molecule has 1 aromatic rings. The van der Waals surface area contributed by atoms with E-state index in [1.807, 2.05) is 6.92 Å². The number of aliphatic carboxylic acids is 1. The zero-order valence-corrected chi connectivity index (χ0v) is 22.9. The number of carboxylic acids is 1. The topological polar surface area (TPSA) is 123 Å². The van der Waals surface area contributed by atoms with E-state index >= 15 is 0 Å². The van der Waals surface area contributed by atoms with Crippen LogP contribution in [0.3, 0.4) is 0 Å². The Balaban J connectivity index is 0.000000268. The number of benzene rings is 1. The van der Waals surface area contributed by atoms with Crippen molar-refractivity contribution in [3.63, 3.8) is 0 Å². The number of aldehydes is 2. The molecule has 2 heterocycles. The Kier molecular flexibility index (Phi) is 13.7. The maximum atomic E-state index is 11.9. The molecule has 1 aromatic carbocycles. The maximum absolute atomic E-state index is 11.9. The number of carboxylic acid groups (broad SMARTS) is 1. The number of nitrogens with zero attached hydrogens (tertiary/aromatic N) is 4. The van der Waals surface area contributed by atoms with Crippen LogP contribution in [0.1, 0.15) is 24.8 Å². The van der Waals surface area contributed by atoms with E-state index in [2.05, 4.69) is 27.1 Å². The third-order valence-electron chi connectivity index (χ3n) is 6.90. The summed E-state index contributed by atoms with van der Waals surface area (Å²) in [5.74, 6) is 0.559. The van der Waals surface area contributed by atoms with Crippen molar-refractivity contribution in [3.8, 4) is 5.75 Å². The molecule has 3 rings (SSSR count). The number of aryl methyl sites for hydroxylation is 1. The van der Waals surface area contributed by atoms with Crippen LogP contribution < -0.4 is 15.0 Å². The summed E-state index contributed by atoms with van der Waals surface area (Å²) in [6, 6.07) is 4.90. The number of likely N-dealkylation sites (N-methyl/N-ethyl adjacent to an activating group) is 1. The van der Waals surface area contributed by atoms with Crippen LogP contribution in [0.4, 0.5) is 10.5 Å². The van der Waals surface area contributed by atoms with E-state index in [0.29, 0.717) is 17.7 Å². The van der Waals surface area contributed by atoms with Crippen molar-refractivity contribution in [3.05, 3.63) is 23.8 Å². The van der Waals surface area contributed by atoms with Crippen molar-refractivity contribution in [2.45, 2.75) is 26.2 Å². The number of hydrogen-bond donors (Lipinski definition) is 2. The summed E-state index contributed by atoms with van der Waals surface area (Å²) < 4.78 is 5.22. The Bertz CT molecular complexity index is 898. The zero-order valence-electron chi connectivity index (χ0n) is 22.9. The quantitative estimate of drug-likeness (QED) is 0.406. The molecule has 0 unspecified atom stereocenters. The van der Waals surface area contributed by atoms with Gasteiger partial charge in [0.1, 0.15) is 18.6 Å². The number of piperazine rings is 1. The number of carbonyl (C=O) groups excluding carboxylic acids is 3. The van der Waals surface area contributed by atoms with Gasteiger partial charge in [-0.25, -0.2) is 4.79 Å². The molecule has 0 bridgehead atoms. The number of ether oxygens (including phenoxy) is 1. The minimum Gasteiger partial charge on any atom is -0.486 e. The first-order valence-electron chi connectivity index (χ1n) is 13.2. The lowest BCUT2D eigenvalue weighted by Crippen LogP contribution is -2.47. The molecule has 11 nitrogen and oxygen atoms in total. The van der Waals surface area contributed by atoms with Crippen molar-refractivity contribution in [2.24, 2.45) is 5.92 Å². The molecule has 212 valence electrons. The molecule has 11 heteroatoms. The summed E-state index contributed by atoms with van der Waals surface area (Å²) in [5.41, 5.74) is 1.52. The molecular formula is C27H43N5O6. The normalized spacial score (nSPS) is 17.1. The number of urea groups is 1. The lowest BCUT2D eigenvalue weighted by atomic mass is 9.96. The summed E-state index contributed by atoms with van der Waals surface area (Å²) >= 11 is 0. The zero-order chi connectivity index (χ0) is 27.9. The number of likely N-dealkylation sites (tertiary alicyclic amines) is 1. The number of hydrogen-bond acceptors (Lipinski definition) is 8. The molecular weight excluding hydrogens is 490 g/mol. The highest BCUT2D eigenvalue weighted by atomic mass is 16.5. The van der Waals surface area contributed by atoms with Crippen molar-refractivity contribution in [1.29, 1.82) is 0 Å².